The van der Waals surface area contributed by atoms with E-state index in [0.717, 1.165) is 6.04 Å². The number of rotatable bonds is 1. The van der Waals surface area contributed by atoms with Gasteiger partial charge in [0.25, 0.3) is 0 Å². The molecular weight excluding hydrogens is 148 g/mol. The van der Waals surface area contributed by atoms with E-state index in [2.05, 4.69) is 44.7 Å². The Morgan fingerprint density at radius 2 is 1.92 bits per heavy atom. The highest BCUT2D eigenvalue weighted by atomic mass is 15.3. The van der Waals surface area contributed by atoms with Crippen molar-refractivity contribution in [2.45, 2.75) is 38.8 Å². The first-order chi connectivity index (χ1) is 5.41. The van der Waals surface area contributed by atoms with E-state index in [9.17, 15) is 0 Å². The summed E-state index contributed by atoms with van der Waals surface area (Å²) in [4.78, 5) is 4.91. The summed E-state index contributed by atoms with van der Waals surface area (Å²) in [7, 11) is 4.44. The molecule has 0 bridgehead atoms. The summed E-state index contributed by atoms with van der Waals surface area (Å²) < 4.78 is 0. The molecule has 0 aromatic heterocycles. The summed E-state index contributed by atoms with van der Waals surface area (Å²) in [5.41, 5.74) is 0.315. The molecule has 72 valence electrons. The largest absolute Gasteiger partial charge is 0.305 e. The van der Waals surface area contributed by atoms with Gasteiger partial charge in [-0.3, -0.25) is 4.90 Å². The summed E-state index contributed by atoms with van der Waals surface area (Å²) in [5.74, 6) is 0. The first-order valence-corrected chi connectivity index (χ1v) is 4.83. The lowest BCUT2D eigenvalue weighted by Gasteiger charge is -2.36. The lowest BCUT2D eigenvalue weighted by atomic mass is 10.0. The smallest absolute Gasteiger partial charge is 0.0237 e. The van der Waals surface area contributed by atoms with Crippen LogP contribution in [0.5, 0.6) is 0 Å². The van der Waals surface area contributed by atoms with Gasteiger partial charge in [-0.1, -0.05) is 0 Å². The minimum absolute atomic E-state index is 0.315. The van der Waals surface area contributed by atoms with E-state index >= 15 is 0 Å². The molecule has 2 heteroatoms. The van der Waals surface area contributed by atoms with Gasteiger partial charge in [-0.05, 0) is 47.8 Å². The molecule has 12 heavy (non-hydrogen) atoms. The van der Waals surface area contributed by atoms with Crippen LogP contribution in [0.4, 0.5) is 0 Å². The van der Waals surface area contributed by atoms with Gasteiger partial charge in [0.1, 0.15) is 0 Å². The van der Waals surface area contributed by atoms with Crippen molar-refractivity contribution in [2.75, 3.05) is 27.2 Å². The maximum Gasteiger partial charge on any atom is 0.0237 e. The Morgan fingerprint density at radius 3 is 2.25 bits per heavy atom. The van der Waals surface area contributed by atoms with Gasteiger partial charge in [-0.15, -0.1) is 0 Å². The molecule has 0 spiro atoms. The number of hydrogen-bond acceptors (Lipinski definition) is 2. The van der Waals surface area contributed by atoms with Gasteiger partial charge in [0.05, 0.1) is 0 Å². The van der Waals surface area contributed by atoms with E-state index in [1.54, 1.807) is 0 Å². The highest BCUT2D eigenvalue weighted by Gasteiger charge is 2.29. The van der Waals surface area contributed by atoms with Gasteiger partial charge in [0.2, 0.25) is 0 Å². The second-order valence-corrected chi connectivity index (χ2v) is 4.99. The predicted octanol–water partition coefficient (Wildman–Crippen LogP) is 1.42. The molecule has 1 heterocycles. The molecule has 1 atom stereocenters. The minimum atomic E-state index is 0.315. The topological polar surface area (TPSA) is 6.48 Å². The third kappa shape index (κ3) is 2.20. The number of likely N-dealkylation sites (N-methyl/N-ethyl adjacent to an activating group) is 2. The minimum Gasteiger partial charge on any atom is -0.305 e. The first-order valence-electron chi connectivity index (χ1n) is 4.83. The molecule has 0 N–H and O–H groups in total. The Morgan fingerprint density at radius 1 is 1.33 bits per heavy atom. The molecule has 0 aromatic rings. The lowest BCUT2D eigenvalue weighted by molar-refractivity contribution is 0.120. The van der Waals surface area contributed by atoms with Crippen LogP contribution in [0.15, 0.2) is 0 Å². The average Bonchev–Trinajstić information content (AvgIpc) is 2.32. The van der Waals surface area contributed by atoms with Crippen LogP contribution in [0.25, 0.3) is 0 Å². The van der Waals surface area contributed by atoms with E-state index < -0.39 is 0 Å². The van der Waals surface area contributed by atoms with E-state index in [1.807, 2.05) is 0 Å². The standard InChI is InChI=1S/C10H22N2/c1-10(2,3)12(5)9-6-7-11(4)8-9/h9H,6-8H2,1-5H3/t9-/m1/s1. The van der Waals surface area contributed by atoms with E-state index in [-0.39, 0.29) is 0 Å². The Kier molecular flexibility index (Phi) is 2.79. The van der Waals surface area contributed by atoms with Crippen LogP contribution in [0, 0.1) is 0 Å². The number of hydrogen-bond donors (Lipinski definition) is 0. The summed E-state index contributed by atoms with van der Waals surface area (Å²) >= 11 is 0. The fourth-order valence-corrected chi connectivity index (χ4v) is 1.78. The summed E-state index contributed by atoms with van der Waals surface area (Å²) in [6.07, 6.45) is 1.32. The zero-order valence-electron chi connectivity index (χ0n) is 9.09. The summed E-state index contributed by atoms with van der Waals surface area (Å²) in [5, 5.41) is 0. The highest BCUT2D eigenvalue weighted by Crippen LogP contribution is 2.20. The van der Waals surface area contributed by atoms with Crippen LogP contribution in [0.3, 0.4) is 0 Å². The third-order valence-corrected chi connectivity index (χ3v) is 2.97. The molecular formula is C10H22N2. The third-order valence-electron chi connectivity index (χ3n) is 2.97. The SMILES string of the molecule is CN1CC[C@@H](N(C)C(C)(C)C)C1. The van der Waals surface area contributed by atoms with Crippen molar-refractivity contribution < 1.29 is 0 Å². The molecule has 1 saturated heterocycles. The molecule has 1 aliphatic heterocycles. The van der Waals surface area contributed by atoms with Gasteiger partial charge in [-0.25, -0.2) is 0 Å². The van der Waals surface area contributed by atoms with Crippen molar-refractivity contribution in [1.82, 2.24) is 9.80 Å². The molecule has 1 fully saturated rings. The summed E-state index contributed by atoms with van der Waals surface area (Å²) in [6, 6.07) is 0.759. The van der Waals surface area contributed by atoms with Crippen molar-refractivity contribution in [2.24, 2.45) is 0 Å². The fourth-order valence-electron chi connectivity index (χ4n) is 1.78. The van der Waals surface area contributed by atoms with Gasteiger partial charge < -0.3 is 4.90 Å². The molecule has 1 rings (SSSR count). The Bertz CT molecular complexity index is 148. The average molecular weight is 170 g/mol. The maximum atomic E-state index is 2.50. The molecule has 1 aliphatic rings. The zero-order chi connectivity index (χ0) is 9.35. The van der Waals surface area contributed by atoms with Crippen molar-refractivity contribution in [3.05, 3.63) is 0 Å². The summed E-state index contributed by atoms with van der Waals surface area (Å²) in [6.45, 7) is 9.33. The van der Waals surface area contributed by atoms with Crippen LogP contribution in [0.2, 0.25) is 0 Å². The molecule has 2 nitrogen and oxygen atoms in total. The van der Waals surface area contributed by atoms with E-state index in [1.165, 1.54) is 19.5 Å². The molecule has 0 unspecified atom stereocenters. The highest BCUT2D eigenvalue weighted by molar-refractivity contribution is 4.86. The monoisotopic (exact) mass is 170 g/mol. The maximum absolute atomic E-state index is 2.50. The number of nitrogens with zero attached hydrogens (tertiary/aromatic N) is 2. The van der Waals surface area contributed by atoms with Crippen LogP contribution < -0.4 is 0 Å². The molecule has 0 radical (unpaired) electrons. The van der Waals surface area contributed by atoms with Crippen molar-refractivity contribution in [3.8, 4) is 0 Å². The fraction of sp³-hybridized carbons (Fsp3) is 1.00. The van der Waals surface area contributed by atoms with Gasteiger partial charge in [0, 0.05) is 18.1 Å². The number of likely N-dealkylation sites (tertiary alicyclic amines) is 1. The Labute approximate surface area is 76.5 Å². The second kappa shape index (κ2) is 3.35. The van der Waals surface area contributed by atoms with Gasteiger partial charge >= 0.3 is 0 Å². The lowest BCUT2D eigenvalue weighted by Crippen LogP contribution is -2.46. The van der Waals surface area contributed by atoms with E-state index in [4.69, 9.17) is 0 Å². The zero-order valence-corrected chi connectivity index (χ0v) is 9.09. The first kappa shape index (κ1) is 10.0. The van der Waals surface area contributed by atoms with Gasteiger partial charge in [-0.2, -0.15) is 0 Å². The van der Waals surface area contributed by atoms with E-state index in [0.29, 0.717) is 5.54 Å². The molecule has 0 saturated carbocycles. The van der Waals surface area contributed by atoms with Crippen molar-refractivity contribution >= 4 is 0 Å². The second-order valence-electron chi connectivity index (χ2n) is 4.99. The van der Waals surface area contributed by atoms with Crippen LogP contribution in [0.1, 0.15) is 27.2 Å². The molecule has 0 aromatic carbocycles. The molecule has 0 amide bonds. The van der Waals surface area contributed by atoms with Crippen molar-refractivity contribution in [1.29, 1.82) is 0 Å². The predicted molar refractivity (Wildman–Crippen MR) is 53.4 cm³/mol. The van der Waals surface area contributed by atoms with Gasteiger partial charge in [0.15, 0.2) is 0 Å². The Balaban J connectivity index is 2.48. The van der Waals surface area contributed by atoms with Crippen molar-refractivity contribution in [3.63, 3.8) is 0 Å². The van der Waals surface area contributed by atoms with Crippen LogP contribution in [-0.4, -0.2) is 48.6 Å². The van der Waals surface area contributed by atoms with Crippen LogP contribution >= 0.6 is 0 Å². The molecule has 0 aliphatic carbocycles. The Hall–Kier alpha value is -0.0800. The van der Waals surface area contributed by atoms with Crippen LogP contribution in [-0.2, 0) is 0 Å². The quantitative estimate of drug-likeness (QED) is 0.587. The normalized spacial score (nSPS) is 27.0.